The summed E-state index contributed by atoms with van der Waals surface area (Å²) in [7, 11) is 1.88. The van der Waals surface area contributed by atoms with Crippen molar-refractivity contribution in [2.75, 3.05) is 26.7 Å². The van der Waals surface area contributed by atoms with E-state index in [1.54, 1.807) is 11.3 Å². The number of hydrogen-bond donors (Lipinski definition) is 1. The van der Waals surface area contributed by atoms with Gasteiger partial charge in [0.1, 0.15) is 0 Å². The van der Waals surface area contributed by atoms with Gasteiger partial charge in [0.2, 0.25) is 5.91 Å². The number of likely N-dealkylation sites (tertiary alicyclic amines) is 1. The minimum atomic E-state index is 0. The molecule has 1 N–H and O–H groups in total. The molecule has 0 radical (unpaired) electrons. The van der Waals surface area contributed by atoms with Crippen LogP contribution < -0.4 is 5.32 Å². The number of amides is 1. The SMILES string of the molecule is CNCCC(=O)N1CCCC(c2nc(C)c(C)s2)C1.Cl.Cl. The lowest BCUT2D eigenvalue weighted by Crippen LogP contribution is -2.40. The van der Waals surface area contributed by atoms with Crippen molar-refractivity contribution in [3.63, 3.8) is 0 Å². The molecule has 0 aliphatic carbocycles. The molecule has 1 atom stereocenters. The molecule has 1 aromatic heterocycles. The molecule has 122 valence electrons. The highest BCUT2D eigenvalue weighted by Crippen LogP contribution is 2.31. The molecule has 0 aromatic carbocycles. The molecule has 21 heavy (non-hydrogen) atoms. The number of piperidine rings is 1. The molecular weight excluding hydrogens is 329 g/mol. The fraction of sp³-hybridized carbons (Fsp3) is 0.714. The van der Waals surface area contributed by atoms with Crippen molar-refractivity contribution in [2.24, 2.45) is 0 Å². The molecule has 0 bridgehead atoms. The minimum absolute atomic E-state index is 0. The molecule has 7 heteroatoms. The summed E-state index contributed by atoms with van der Waals surface area (Å²) >= 11 is 1.79. The first-order valence-electron chi connectivity index (χ1n) is 6.98. The van der Waals surface area contributed by atoms with E-state index < -0.39 is 0 Å². The van der Waals surface area contributed by atoms with Crippen molar-refractivity contribution < 1.29 is 4.79 Å². The number of aryl methyl sites for hydroxylation is 2. The van der Waals surface area contributed by atoms with Crippen LogP contribution in [0.15, 0.2) is 0 Å². The Balaban J connectivity index is 0.00000200. The predicted molar refractivity (Wildman–Crippen MR) is 93.2 cm³/mol. The first-order valence-corrected chi connectivity index (χ1v) is 7.79. The second-order valence-electron chi connectivity index (χ2n) is 5.23. The van der Waals surface area contributed by atoms with Gasteiger partial charge in [0, 0.05) is 36.9 Å². The molecular formula is C14H25Cl2N3OS. The first-order chi connectivity index (χ1) is 9.11. The van der Waals surface area contributed by atoms with Gasteiger partial charge in [0.15, 0.2) is 0 Å². The Morgan fingerprint density at radius 2 is 2.14 bits per heavy atom. The van der Waals surface area contributed by atoms with Crippen LogP contribution in [-0.4, -0.2) is 42.5 Å². The minimum Gasteiger partial charge on any atom is -0.342 e. The van der Waals surface area contributed by atoms with Crippen LogP contribution >= 0.6 is 36.2 Å². The Bertz CT molecular complexity index is 434. The zero-order valence-electron chi connectivity index (χ0n) is 12.8. The molecule has 1 aliphatic rings. The van der Waals surface area contributed by atoms with E-state index in [2.05, 4.69) is 24.1 Å². The highest BCUT2D eigenvalue weighted by Gasteiger charge is 2.26. The van der Waals surface area contributed by atoms with Crippen molar-refractivity contribution in [3.05, 3.63) is 15.6 Å². The molecule has 1 saturated heterocycles. The van der Waals surface area contributed by atoms with Crippen LogP contribution in [-0.2, 0) is 4.79 Å². The van der Waals surface area contributed by atoms with E-state index in [9.17, 15) is 4.79 Å². The molecule has 1 aliphatic heterocycles. The molecule has 2 rings (SSSR count). The summed E-state index contributed by atoms with van der Waals surface area (Å²) in [5.74, 6) is 0.703. The Hall–Kier alpha value is -0.360. The van der Waals surface area contributed by atoms with Crippen LogP contribution in [0.25, 0.3) is 0 Å². The van der Waals surface area contributed by atoms with E-state index >= 15 is 0 Å². The molecule has 1 aromatic rings. The second-order valence-corrected chi connectivity index (χ2v) is 6.46. The first kappa shape index (κ1) is 20.6. The van der Waals surface area contributed by atoms with E-state index in [4.69, 9.17) is 0 Å². The quantitative estimate of drug-likeness (QED) is 0.904. The third-order valence-electron chi connectivity index (χ3n) is 3.76. The summed E-state index contributed by atoms with van der Waals surface area (Å²) in [5, 5.41) is 4.24. The van der Waals surface area contributed by atoms with E-state index in [1.807, 2.05) is 11.9 Å². The average Bonchev–Trinajstić information content (AvgIpc) is 2.76. The maximum atomic E-state index is 12.1. The van der Waals surface area contributed by atoms with E-state index in [0.717, 1.165) is 38.2 Å². The number of aromatic nitrogens is 1. The Morgan fingerprint density at radius 1 is 1.43 bits per heavy atom. The average molecular weight is 354 g/mol. The fourth-order valence-corrected chi connectivity index (χ4v) is 3.52. The fourth-order valence-electron chi connectivity index (χ4n) is 2.47. The van der Waals surface area contributed by atoms with Gasteiger partial charge in [0.05, 0.1) is 10.7 Å². The molecule has 0 spiro atoms. The summed E-state index contributed by atoms with van der Waals surface area (Å²) in [6.07, 6.45) is 2.84. The number of thiazole rings is 1. The standard InChI is InChI=1S/C14H23N3OS.2ClH/c1-10-11(2)19-14(16-10)12-5-4-8-17(9-12)13(18)6-7-15-3;;/h12,15H,4-9H2,1-3H3;2*1H. The number of hydrogen-bond acceptors (Lipinski definition) is 4. The maximum absolute atomic E-state index is 12.1. The summed E-state index contributed by atoms with van der Waals surface area (Å²) in [6, 6.07) is 0. The van der Waals surface area contributed by atoms with E-state index in [-0.39, 0.29) is 30.7 Å². The molecule has 1 amide bonds. The zero-order chi connectivity index (χ0) is 13.8. The molecule has 0 saturated carbocycles. The number of nitrogens with one attached hydrogen (secondary N) is 1. The van der Waals surface area contributed by atoms with Crippen LogP contribution in [0.2, 0.25) is 0 Å². The number of rotatable bonds is 4. The molecule has 2 heterocycles. The number of carbonyl (C=O) groups is 1. The van der Waals surface area contributed by atoms with Crippen molar-refractivity contribution in [2.45, 2.75) is 39.0 Å². The lowest BCUT2D eigenvalue weighted by atomic mass is 9.98. The smallest absolute Gasteiger partial charge is 0.223 e. The van der Waals surface area contributed by atoms with E-state index in [1.165, 1.54) is 9.88 Å². The van der Waals surface area contributed by atoms with Crippen LogP contribution in [0, 0.1) is 13.8 Å². The van der Waals surface area contributed by atoms with Crippen molar-refractivity contribution >= 4 is 42.1 Å². The van der Waals surface area contributed by atoms with E-state index in [0.29, 0.717) is 12.3 Å². The van der Waals surface area contributed by atoms with Crippen LogP contribution in [0.3, 0.4) is 0 Å². The normalized spacial score (nSPS) is 17.9. The van der Waals surface area contributed by atoms with Crippen LogP contribution in [0.5, 0.6) is 0 Å². The molecule has 4 nitrogen and oxygen atoms in total. The number of halogens is 2. The monoisotopic (exact) mass is 353 g/mol. The van der Waals surface area contributed by atoms with Gasteiger partial charge in [-0.25, -0.2) is 4.98 Å². The van der Waals surface area contributed by atoms with Crippen molar-refractivity contribution in [1.29, 1.82) is 0 Å². The summed E-state index contributed by atoms with van der Waals surface area (Å²) in [6.45, 7) is 6.69. The lowest BCUT2D eigenvalue weighted by molar-refractivity contribution is -0.132. The molecule has 1 fully saturated rings. The van der Waals surface area contributed by atoms with Crippen LogP contribution in [0.1, 0.15) is 40.8 Å². The van der Waals surface area contributed by atoms with Crippen molar-refractivity contribution in [3.8, 4) is 0 Å². The number of nitrogens with zero attached hydrogens (tertiary/aromatic N) is 2. The summed E-state index contributed by atoms with van der Waals surface area (Å²) in [5.41, 5.74) is 1.14. The topological polar surface area (TPSA) is 45.2 Å². The summed E-state index contributed by atoms with van der Waals surface area (Å²) in [4.78, 5) is 20.0. The van der Waals surface area contributed by atoms with Gasteiger partial charge in [-0.2, -0.15) is 0 Å². The lowest BCUT2D eigenvalue weighted by Gasteiger charge is -2.32. The Morgan fingerprint density at radius 3 is 2.71 bits per heavy atom. The Labute approximate surface area is 143 Å². The zero-order valence-corrected chi connectivity index (χ0v) is 15.3. The van der Waals surface area contributed by atoms with Gasteiger partial charge in [-0.15, -0.1) is 36.2 Å². The van der Waals surface area contributed by atoms with Crippen molar-refractivity contribution in [1.82, 2.24) is 15.2 Å². The second kappa shape index (κ2) is 9.62. The maximum Gasteiger partial charge on any atom is 0.223 e. The van der Waals surface area contributed by atoms with Gasteiger partial charge >= 0.3 is 0 Å². The predicted octanol–water partition coefficient (Wildman–Crippen LogP) is 2.92. The third-order valence-corrected chi connectivity index (χ3v) is 4.99. The molecule has 1 unspecified atom stereocenters. The van der Waals surface area contributed by atoms with Crippen LogP contribution in [0.4, 0.5) is 0 Å². The van der Waals surface area contributed by atoms with Gasteiger partial charge in [-0.3, -0.25) is 4.79 Å². The van der Waals surface area contributed by atoms with Gasteiger partial charge < -0.3 is 10.2 Å². The van der Waals surface area contributed by atoms with Gasteiger partial charge in [-0.1, -0.05) is 0 Å². The largest absolute Gasteiger partial charge is 0.342 e. The highest BCUT2D eigenvalue weighted by atomic mass is 35.5. The van der Waals surface area contributed by atoms with Gasteiger partial charge in [0.25, 0.3) is 0 Å². The third kappa shape index (κ3) is 5.40. The Kier molecular flexibility index (Phi) is 9.45. The highest BCUT2D eigenvalue weighted by molar-refractivity contribution is 7.11. The summed E-state index contributed by atoms with van der Waals surface area (Å²) < 4.78 is 0. The van der Waals surface area contributed by atoms with Gasteiger partial charge in [-0.05, 0) is 33.7 Å². The number of carbonyl (C=O) groups excluding carboxylic acids is 1.